The zero-order chi connectivity index (χ0) is 20.4. The molecule has 5 nitrogen and oxygen atoms in total. The summed E-state index contributed by atoms with van der Waals surface area (Å²) in [6, 6.07) is 9.94. The van der Waals surface area contributed by atoms with Crippen LogP contribution in [0.2, 0.25) is 0 Å². The van der Waals surface area contributed by atoms with Gasteiger partial charge in [0.1, 0.15) is 5.78 Å². The summed E-state index contributed by atoms with van der Waals surface area (Å²) in [5.74, 6) is -1.35. The number of aryl methyl sites for hydroxylation is 1. The van der Waals surface area contributed by atoms with Gasteiger partial charge in [0.25, 0.3) is 0 Å². The van der Waals surface area contributed by atoms with Crippen LogP contribution in [0.4, 0.5) is 0 Å². The number of carboxylic acids is 1. The first-order valence-electron chi connectivity index (χ1n) is 9.95. The lowest BCUT2D eigenvalue weighted by Crippen LogP contribution is -2.19. The predicted octanol–water partition coefficient (Wildman–Crippen LogP) is 3.30. The molecule has 0 bridgehead atoms. The van der Waals surface area contributed by atoms with Crippen molar-refractivity contribution in [3.05, 3.63) is 60.2 Å². The number of carboxylic acid groups (broad SMARTS) is 1. The van der Waals surface area contributed by atoms with Crippen LogP contribution in [0.15, 0.2) is 54.6 Å². The number of ketones is 1. The minimum atomic E-state index is -0.807. The van der Waals surface area contributed by atoms with Crippen LogP contribution in [0.25, 0.3) is 0 Å². The van der Waals surface area contributed by atoms with Gasteiger partial charge >= 0.3 is 5.97 Å². The van der Waals surface area contributed by atoms with Crippen molar-refractivity contribution in [3.63, 3.8) is 0 Å². The Bertz CT molecular complexity index is 679. The predicted molar refractivity (Wildman–Crippen MR) is 108 cm³/mol. The Morgan fingerprint density at radius 2 is 1.96 bits per heavy atom. The Morgan fingerprint density at radius 3 is 2.68 bits per heavy atom. The number of aliphatic carboxylic acids is 1. The number of Topliss-reactive ketones (excluding diaryl/α,β-unsaturated/α-hetero) is 1. The van der Waals surface area contributed by atoms with E-state index in [1.807, 2.05) is 42.5 Å². The molecule has 0 saturated heterocycles. The van der Waals surface area contributed by atoms with Gasteiger partial charge in [-0.25, -0.2) is 0 Å². The van der Waals surface area contributed by atoms with Crippen molar-refractivity contribution in [2.45, 2.75) is 57.2 Å². The van der Waals surface area contributed by atoms with E-state index in [2.05, 4.69) is 0 Å². The molecule has 0 spiro atoms. The van der Waals surface area contributed by atoms with Gasteiger partial charge in [-0.15, -0.1) is 0 Å². The molecule has 0 unspecified atom stereocenters. The molecule has 0 amide bonds. The smallest absolute Gasteiger partial charge is 0.303 e. The van der Waals surface area contributed by atoms with Crippen molar-refractivity contribution < 1.29 is 24.9 Å². The number of unbranched alkanes of at least 4 members (excludes halogenated alkanes) is 1. The fourth-order valence-electron chi connectivity index (χ4n) is 3.57. The molecular weight excluding hydrogens is 356 g/mol. The molecule has 0 aliphatic heterocycles. The largest absolute Gasteiger partial charge is 0.481 e. The highest BCUT2D eigenvalue weighted by Crippen LogP contribution is 2.33. The Kier molecular flexibility index (Phi) is 9.11. The molecule has 152 valence electrons. The van der Waals surface area contributed by atoms with E-state index in [9.17, 15) is 19.8 Å². The highest BCUT2D eigenvalue weighted by Gasteiger charge is 2.39. The van der Waals surface area contributed by atoms with E-state index >= 15 is 0 Å². The number of carbonyl (C=O) groups is 2. The lowest BCUT2D eigenvalue weighted by Gasteiger charge is -2.16. The third kappa shape index (κ3) is 7.41. The first-order valence-corrected chi connectivity index (χ1v) is 9.95. The number of carbonyl (C=O) groups excluding carboxylic acids is 1. The van der Waals surface area contributed by atoms with E-state index in [0.29, 0.717) is 25.7 Å². The van der Waals surface area contributed by atoms with Gasteiger partial charge in [0, 0.05) is 24.7 Å². The van der Waals surface area contributed by atoms with E-state index in [1.54, 1.807) is 12.2 Å². The average molecular weight is 386 g/mol. The molecule has 0 aromatic heterocycles. The lowest BCUT2D eigenvalue weighted by molar-refractivity contribution is -0.137. The summed E-state index contributed by atoms with van der Waals surface area (Å²) in [6.07, 6.45) is 9.34. The van der Waals surface area contributed by atoms with Crippen LogP contribution >= 0.6 is 0 Å². The van der Waals surface area contributed by atoms with E-state index in [-0.39, 0.29) is 30.5 Å². The summed E-state index contributed by atoms with van der Waals surface area (Å²) in [5, 5.41) is 29.0. The van der Waals surface area contributed by atoms with Gasteiger partial charge in [-0.1, -0.05) is 54.6 Å². The van der Waals surface area contributed by atoms with Gasteiger partial charge < -0.3 is 15.3 Å². The van der Waals surface area contributed by atoms with E-state index < -0.39 is 18.2 Å². The minimum Gasteiger partial charge on any atom is -0.481 e. The third-order valence-electron chi connectivity index (χ3n) is 5.18. The molecule has 4 atom stereocenters. The van der Waals surface area contributed by atoms with E-state index in [4.69, 9.17) is 5.11 Å². The van der Waals surface area contributed by atoms with Crippen LogP contribution in [0, 0.1) is 11.8 Å². The van der Waals surface area contributed by atoms with Crippen molar-refractivity contribution in [2.24, 2.45) is 11.8 Å². The number of hydrogen-bond donors (Lipinski definition) is 3. The number of aliphatic hydroxyl groups is 2. The Labute approximate surface area is 166 Å². The molecule has 1 saturated carbocycles. The standard InChI is InChI=1S/C23H30O5/c24-18(13-12-17-8-4-3-5-9-17)14-15-20-19(21(25)16-22(20)26)10-6-1-2-7-11-23(27)28/h1,3-6,8-9,14-15,18-20,22,24,26H,2,7,10-13,16H2,(H,27,28)/b6-1-,15-14+/t18-,19-,20+,22+/m0/s1. The number of rotatable bonds is 11. The van der Waals surface area contributed by atoms with Crippen molar-refractivity contribution >= 4 is 11.8 Å². The summed E-state index contributed by atoms with van der Waals surface area (Å²) >= 11 is 0. The first-order chi connectivity index (χ1) is 13.5. The summed E-state index contributed by atoms with van der Waals surface area (Å²) < 4.78 is 0. The quantitative estimate of drug-likeness (QED) is 0.401. The van der Waals surface area contributed by atoms with Gasteiger partial charge in [0.05, 0.1) is 12.2 Å². The molecule has 1 aliphatic rings. The maximum atomic E-state index is 12.2. The summed E-state index contributed by atoms with van der Waals surface area (Å²) in [7, 11) is 0. The number of aliphatic hydroxyl groups excluding tert-OH is 2. The van der Waals surface area contributed by atoms with Crippen molar-refractivity contribution in [1.29, 1.82) is 0 Å². The van der Waals surface area contributed by atoms with Gasteiger partial charge in [-0.05, 0) is 37.7 Å². The SMILES string of the molecule is O=C(O)CCC/C=C\C[C@@H]1C(=O)C[C@@H](O)[C@@H]1/C=C/[C@@H](O)CCc1ccccc1. The Balaban J connectivity index is 1.82. The van der Waals surface area contributed by atoms with Crippen LogP contribution in [-0.4, -0.2) is 39.3 Å². The van der Waals surface area contributed by atoms with Crippen LogP contribution in [0.3, 0.4) is 0 Å². The van der Waals surface area contributed by atoms with Crippen molar-refractivity contribution in [1.82, 2.24) is 0 Å². The van der Waals surface area contributed by atoms with Gasteiger partial charge in [-0.3, -0.25) is 9.59 Å². The van der Waals surface area contributed by atoms with Crippen molar-refractivity contribution in [3.8, 4) is 0 Å². The Morgan fingerprint density at radius 1 is 1.21 bits per heavy atom. The fraction of sp³-hybridized carbons (Fsp3) is 0.478. The molecule has 1 aromatic carbocycles. The van der Waals surface area contributed by atoms with E-state index in [0.717, 1.165) is 12.0 Å². The molecule has 0 heterocycles. The maximum absolute atomic E-state index is 12.2. The molecule has 3 N–H and O–H groups in total. The van der Waals surface area contributed by atoms with Crippen LogP contribution in [0.5, 0.6) is 0 Å². The Hall–Kier alpha value is -2.24. The van der Waals surface area contributed by atoms with Gasteiger partial charge in [-0.2, -0.15) is 0 Å². The number of hydrogen-bond acceptors (Lipinski definition) is 4. The monoisotopic (exact) mass is 386 g/mol. The minimum absolute atomic E-state index is 0.0381. The summed E-state index contributed by atoms with van der Waals surface area (Å²) in [5.41, 5.74) is 1.16. The highest BCUT2D eigenvalue weighted by atomic mass is 16.4. The zero-order valence-electron chi connectivity index (χ0n) is 16.1. The molecule has 2 rings (SSSR count). The van der Waals surface area contributed by atoms with Gasteiger partial charge in [0.15, 0.2) is 0 Å². The second-order valence-corrected chi connectivity index (χ2v) is 7.39. The highest BCUT2D eigenvalue weighted by molar-refractivity contribution is 5.84. The van der Waals surface area contributed by atoms with E-state index in [1.165, 1.54) is 0 Å². The molecular formula is C23H30O5. The maximum Gasteiger partial charge on any atom is 0.303 e. The molecule has 1 fully saturated rings. The van der Waals surface area contributed by atoms with Crippen LogP contribution < -0.4 is 0 Å². The fourth-order valence-corrected chi connectivity index (χ4v) is 3.57. The molecule has 5 heteroatoms. The molecule has 1 aromatic rings. The van der Waals surface area contributed by atoms with Crippen molar-refractivity contribution in [2.75, 3.05) is 0 Å². The normalized spacial score (nSPS) is 23.6. The second kappa shape index (κ2) is 11.6. The molecule has 1 aliphatic carbocycles. The first kappa shape index (κ1) is 22.1. The topological polar surface area (TPSA) is 94.8 Å². The second-order valence-electron chi connectivity index (χ2n) is 7.39. The number of allylic oxidation sites excluding steroid dienone is 2. The zero-order valence-corrected chi connectivity index (χ0v) is 16.1. The molecule has 28 heavy (non-hydrogen) atoms. The molecule has 0 radical (unpaired) electrons. The third-order valence-corrected chi connectivity index (χ3v) is 5.18. The summed E-state index contributed by atoms with van der Waals surface area (Å²) in [4.78, 5) is 22.7. The van der Waals surface area contributed by atoms with Crippen LogP contribution in [0.1, 0.15) is 44.1 Å². The number of benzene rings is 1. The van der Waals surface area contributed by atoms with Gasteiger partial charge in [0.2, 0.25) is 0 Å². The summed E-state index contributed by atoms with van der Waals surface area (Å²) in [6.45, 7) is 0. The van der Waals surface area contributed by atoms with Crippen LogP contribution in [-0.2, 0) is 16.0 Å². The lowest BCUT2D eigenvalue weighted by atomic mass is 9.90. The average Bonchev–Trinajstić information content (AvgIpc) is 2.94.